The van der Waals surface area contributed by atoms with E-state index in [1.807, 2.05) is 0 Å². The van der Waals surface area contributed by atoms with Gasteiger partial charge in [0.2, 0.25) is 0 Å². The molecule has 0 aromatic rings. The van der Waals surface area contributed by atoms with Gasteiger partial charge in [0.25, 0.3) is 0 Å². The average molecular weight is 232 g/mol. The molecule has 0 amide bonds. The summed E-state index contributed by atoms with van der Waals surface area (Å²) in [5.74, 6) is -0.951. The molecule has 16 heavy (non-hydrogen) atoms. The molecule has 0 aliphatic carbocycles. The molecule has 0 aliphatic heterocycles. The van der Waals surface area contributed by atoms with E-state index in [4.69, 9.17) is 14.6 Å². The number of carboxylic acid groups (broad SMARTS) is 1. The van der Waals surface area contributed by atoms with Crippen LogP contribution in [0.4, 0.5) is 0 Å². The van der Waals surface area contributed by atoms with Crippen molar-refractivity contribution in [2.24, 2.45) is 0 Å². The molecule has 0 rings (SSSR count). The summed E-state index contributed by atoms with van der Waals surface area (Å²) >= 11 is 0. The molecule has 0 aromatic carbocycles. The Morgan fingerprint density at radius 2 is 1.88 bits per heavy atom. The molecular weight excluding hydrogens is 208 g/mol. The van der Waals surface area contributed by atoms with E-state index in [1.165, 1.54) is 19.3 Å². The number of hydrogen-bond donors (Lipinski definition) is 1. The van der Waals surface area contributed by atoms with E-state index >= 15 is 0 Å². The van der Waals surface area contributed by atoms with Crippen molar-refractivity contribution >= 4 is 5.97 Å². The SMILES string of the molecule is CCCCCCCOCC(OCC)C(=O)O. The van der Waals surface area contributed by atoms with E-state index in [0.29, 0.717) is 13.2 Å². The number of ether oxygens (including phenoxy) is 2. The first-order valence-electron chi connectivity index (χ1n) is 6.14. The van der Waals surface area contributed by atoms with Crippen molar-refractivity contribution in [2.45, 2.75) is 52.1 Å². The zero-order chi connectivity index (χ0) is 12.2. The summed E-state index contributed by atoms with van der Waals surface area (Å²) in [5.41, 5.74) is 0. The van der Waals surface area contributed by atoms with Crippen LogP contribution in [0.2, 0.25) is 0 Å². The molecule has 0 aromatic heterocycles. The van der Waals surface area contributed by atoms with Crippen LogP contribution < -0.4 is 0 Å². The van der Waals surface area contributed by atoms with Crippen molar-refractivity contribution in [3.63, 3.8) is 0 Å². The van der Waals surface area contributed by atoms with Crippen molar-refractivity contribution in [1.82, 2.24) is 0 Å². The summed E-state index contributed by atoms with van der Waals surface area (Å²) in [6.45, 7) is 5.13. The van der Waals surface area contributed by atoms with Gasteiger partial charge in [0.15, 0.2) is 6.10 Å². The first kappa shape index (κ1) is 15.4. The third kappa shape index (κ3) is 8.68. The molecule has 0 radical (unpaired) electrons. The van der Waals surface area contributed by atoms with Crippen molar-refractivity contribution < 1.29 is 19.4 Å². The third-order valence-electron chi connectivity index (χ3n) is 2.30. The minimum absolute atomic E-state index is 0.150. The smallest absolute Gasteiger partial charge is 0.335 e. The molecule has 0 heterocycles. The molecule has 0 aliphatic rings. The Morgan fingerprint density at radius 3 is 2.44 bits per heavy atom. The van der Waals surface area contributed by atoms with Crippen LogP contribution in [-0.2, 0) is 14.3 Å². The van der Waals surface area contributed by atoms with Crippen LogP contribution in [0, 0.1) is 0 Å². The average Bonchev–Trinajstić information content (AvgIpc) is 2.26. The molecule has 1 unspecified atom stereocenters. The highest BCUT2D eigenvalue weighted by Gasteiger charge is 2.16. The van der Waals surface area contributed by atoms with E-state index in [0.717, 1.165) is 12.8 Å². The monoisotopic (exact) mass is 232 g/mol. The van der Waals surface area contributed by atoms with E-state index in [9.17, 15) is 4.79 Å². The predicted molar refractivity (Wildman–Crippen MR) is 62.6 cm³/mol. The Hall–Kier alpha value is -0.610. The van der Waals surface area contributed by atoms with Gasteiger partial charge in [-0.2, -0.15) is 0 Å². The summed E-state index contributed by atoms with van der Waals surface area (Å²) in [7, 11) is 0. The van der Waals surface area contributed by atoms with E-state index < -0.39 is 12.1 Å². The normalized spacial score (nSPS) is 12.6. The Morgan fingerprint density at radius 1 is 1.19 bits per heavy atom. The fraction of sp³-hybridized carbons (Fsp3) is 0.917. The molecule has 4 heteroatoms. The van der Waals surface area contributed by atoms with Crippen molar-refractivity contribution in [3.05, 3.63) is 0 Å². The number of carboxylic acids is 1. The Bertz CT molecular complexity index is 170. The van der Waals surface area contributed by atoms with Crippen LogP contribution >= 0.6 is 0 Å². The van der Waals surface area contributed by atoms with Crippen LogP contribution in [0.1, 0.15) is 46.0 Å². The second kappa shape index (κ2) is 10.9. The summed E-state index contributed by atoms with van der Waals surface area (Å²) < 4.78 is 10.3. The van der Waals surface area contributed by atoms with Crippen molar-refractivity contribution in [3.8, 4) is 0 Å². The molecule has 0 fully saturated rings. The molecule has 1 N–H and O–H groups in total. The number of rotatable bonds is 11. The van der Waals surface area contributed by atoms with Gasteiger partial charge in [-0.25, -0.2) is 4.79 Å². The lowest BCUT2D eigenvalue weighted by molar-refractivity contribution is -0.154. The van der Waals surface area contributed by atoms with Crippen LogP contribution in [0.3, 0.4) is 0 Å². The zero-order valence-electron chi connectivity index (χ0n) is 10.4. The first-order chi connectivity index (χ1) is 7.72. The Labute approximate surface area is 97.9 Å². The molecule has 0 bridgehead atoms. The number of hydrogen-bond acceptors (Lipinski definition) is 3. The number of carbonyl (C=O) groups is 1. The maximum absolute atomic E-state index is 10.7. The van der Waals surface area contributed by atoms with Gasteiger partial charge in [0, 0.05) is 13.2 Å². The lowest BCUT2D eigenvalue weighted by atomic mass is 10.2. The zero-order valence-corrected chi connectivity index (χ0v) is 10.4. The minimum atomic E-state index is -0.951. The summed E-state index contributed by atoms with van der Waals surface area (Å²) in [6.07, 6.45) is 5.05. The molecule has 1 atom stereocenters. The summed E-state index contributed by atoms with van der Waals surface area (Å²) in [4.78, 5) is 10.7. The highest BCUT2D eigenvalue weighted by Crippen LogP contribution is 2.03. The van der Waals surface area contributed by atoms with E-state index in [-0.39, 0.29) is 6.61 Å². The molecule has 0 spiro atoms. The Balaban J connectivity index is 3.37. The maximum atomic E-state index is 10.7. The fourth-order valence-corrected chi connectivity index (χ4v) is 1.39. The predicted octanol–water partition coefficient (Wildman–Crippen LogP) is 2.46. The van der Waals surface area contributed by atoms with E-state index in [1.54, 1.807) is 6.92 Å². The summed E-state index contributed by atoms with van der Waals surface area (Å²) in [5, 5.41) is 8.77. The Kier molecular flexibility index (Phi) is 10.5. The van der Waals surface area contributed by atoms with Gasteiger partial charge >= 0.3 is 5.97 Å². The fourth-order valence-electron chi connectivity index (χ4n) is 1.39. The second-order valence-electron chi connectivity index (χ2n) is 3.77. The molecule has 0 saturated heterocycles. The van der Waals surface area contributed by atoms with Gasteiger partial charge in [-0.1, -0.05) is 32.6 Å². The second-order valence-corrected chi connectivity index (χ2v) is 3.77. The van der Waals surface area contributed by atoms with Crippen molar-refractivity contribution in [2.75, 3.05) is 19.8 Å². The molecule has 0 saturated carbocycles. The lowest BCUT2D eigenvalue weighted by Gasteiger charge is -2.12. The van der Waals surface area contributed by atoms with Gasteiger partial charge in [-0.15, -0.1) is 0 Å². The molecule has 96 valence electrons. The minimum Gasteiger partial charge on any atom is -0.479 e. The highest BCUT2D eigenvalue weighted by molar-refractivity contribution is 5.72. The van der Waals surface area contributed by atoms with Crippen LogP contribution in [0.5, 0.6) is 0 Å². The molecule has 4 nitrogen and oxygen atoms in total. The summed E-state index contributed by atoms with van der Waals surface area (Å²) in [6, 6.07) is 0. The first-order valence-corrected chi connectivity index (χ1v) is 6.14. The van der Waals surface area contributed by atoms with Crippen LogP contribution in [0.25, 0.3) is 0 Å². The molecular formula is C12H24O4. The lowest BCUT2D eigenvalue weighted by Crippen LogP contribution is -2.29. The number of unbranched alkanes of at least 4 members (excludes halogenated alkanes) is 4. The standard InChI is InChI=1S/C12H24O4/c1-3-5-6-7-8-9-15-10-11(12(13)14)16-4-2/h11H,3-10H2,1-2H3,(H,13,14). The maximum Gasteiger partial charge on any atom is 0.335 e. The highest BCUT2D eigenvalue weighted by atomic mass is 16.5. The van der Waals surface area contributed by atoms with Gasteiger partial charge in [0.1, 0.15) is 0 Å². The van der Waals surface area contributed by atoms with Crippen molar-refractivity contribution in [1.29, 1.82) is 0 Å². The van der Waals surface area contributed by atoms with E-state index in [2.05, 4.69) is 6.92 Å². The topological polar surface area (TPSA) is 55.8 Å². The largest absolute Gasteiger partial charge is 0.479 e. The van der Waals surface area contributed by atoms with Crippen LogP contribution in [0.15, 0.2) is 0 Å². The quantitative estimate of drug-likeness (QED) is 0.556. The van der Waals surface area contributed by atoms with Gasteiger partial charge < -0.3 is 14.6 Å². The van der Waals surface area contributed by atoms with Gasteiger partial charge in [-0.3, -0.25) is 0 Å². The third-order valence-corrected chi connectivity index (χ3v) is 2.30. The number of aliphatic carboxylic acids is 1. The van der Waals surface area contributed by atoms with Crippen LogP contribution in [-0.4, -0.2) is 37.0 Å². The van der Waals surface area contributed by atoms with Gasteiger partial charge in [0.05, 0.1) is 6.61 Å². The van der Waals surface area contributed by atoms with Gasteiger partial charge in [-0.05, 0) is 13.3 Å².